The molecule has 20 heavy (non-hydrogen) atoms. The van der Waals surface area contributed by atoms with E-state index in [4.69, 9.17) is 4.74 Å². The second kappa shape index (κ2) is 6.05. The summed E-state index contributed by atoms with van der Waals surface area (Å²) in [4.78, 5) is 19.7. The third-order valence-corrected chi connectivity index (χ3v) is 3.63. The number of amides is 1. The Hall–Kier alpha value is -1.88. The van der Waals surface area contributed by atoms with Crippen molar-refractivity contribution < 1.29 is 9.53 Å². The summed E-state index contributed by atoms with van der Waals surface area (Å²) in [5, 5.41) is 2.97. The number of carbonyl (C=O) groups excluding carboxylic acids is 1. The largest absolute Gasteiger partial charge is 0.381 e. The number of hydrogen-bond acceptors (Lipinski definition) is 3. The number of benzene rings is 1. The first-order valence-corrected chi connectivity index (χ1v) is 7.12. The summed E-state index contributed by atoms with van der Waals surface area (Å²) in [7, 11) is 0. The Morgan fingerprint density at radius 1 is 1.45 bits per heavy atom. The molecule has 1 amide bonds. The Morgan fingerprint density at radius 3 is 3.15 bits per heavy atom. The minimum atomic E-state index is 0.0134. The predicted molar refractivity (Wildman–Crippen MR) is 76.4 cm³/mol. The molecular weight excluding hydrogens is 254 g/mol. The van der Waals surface area contributed by atoms with Gasteiger partial charge in [-0.1, -0.05) is 12.1 Å². The molecule has 0 bridgehead atoms. The maximum atomic E-state index is 11.9. The molecule has 5 heteroatoms. The van der Waals surface area contributed by atoms with Crippen LogP contribution in [0.15, 0.2) is 24.3 Å². The molecule has 1 aliphatic heterocycles. The first kappa shape index (κ1) is 13.1. The Balaban J connectivity index is 1.50. The maximum Gasteiger partial charge on any atom is 0.225 e. The van der Waals surface area contributed by atoms with Crippen LogP contribution >= 0.6 is 0 Å². The summed E-state index contributed by atoms with van der Waals surface area (Å²) >= 11 is 0. The Morgan fingerprint density at radius 2 is 2.35 bits per heavy atom. The first-order chi connectivity index (χ1) is 9.83. The second-order valence-corrected chi connectivity index (χ2v) is 5.16. The van der Waals surface area contributed by atoms with E-state index in [0.717, 1.165) is 36.3 Å². The lowest BCUT2D eigenvalue weighted by Crippen LogP contribution is -2.36. The van der Waals surface area contributed by atoms with E-state index in [9.17, 15) is 4.79 Å². The van der Waals surface area contributed by atoms with Crippen LogP contribution in [0, 0.1) is 5.92 Å². The highest BCUT2D eigenvalue weighted by Crippen LogP contribution is 2.13. The average Bonchev–Trinajstić information content (AvgIpc) is 2.90. The van der Waals surface area contributed by atoms with Gasteiger partial charge in [0.1, 0.15) is 5.82 Å². The standard InChI is InChI=1S/C15H19N3O2/c19-15(11-4-3-9-20-10-11)16-8-7-14-17-12-5-1-2-6-13(12)18-14/h1-2,5-6,11H,3-4,7-10H2,(H,16,19)(H,17,18). The van der Waals surface area contributed by atoms with E-state index >= 15 is 0 Å². The van der Waals surface area contributed by atoms with Gasteiger partial charge in [0.15, 0.2) is 0 Å². The summed E-state index contributed by atoms with van der Waals surface area (Å²) in [6.45, 7) is 1.94. The first-order valence-electron chi connectivity index (χ1n) is 7.12. The van der Waals surface area contributed by atoms with Crippen molar-refractivity contribution in [2.45, 2.75) is 19.3 Å². The summed E-state index contributed by atoms with van der Waals surface area (Å²) < 4.78 is 5.33. The molecule has 1 aromatic carbocycles. The fraction of sp³-hybridized carbons (Fsp3) is 0.467. The van der Waals surface area contributed by atoms with Gasteiger partial charge in [-0.2, -0.15) is 0 Å². The number of carbonyl (C=O) groups is 1. The Labute approximate surface area is 117 Å². The Bertz CT molecular complexity index is 555. The van der Waals surface area contributed by atoms with Gasteiger partial charge in [-0.25, -0.2) is 4.98 Å². The zero-order valence-corrected chi connectivity index (χ0v) is 11.4. The lowest BCUT2D eigenvalue weighted by Gasteiger charge is -2.21. The molecule has 1 atom stereocenters. The Kier molecular flexibility index (Phi) is 3.97. The molecule has 106 valence electrons. The van der Waals surface area contributed by atoms with Gasteiger partial charge in [-0.3, -0.25) is 4.79 Å². The molecule has 3 rings (SSSR count). The fourth-order valence-electron chi connectivity index (χ4n) is 2.52. The van der Waals surface area contributed by atoms with Crippen molar-refractivity contribution in [3.8, 4) is 0 Å². The normalized spacial score (nSPS) is 19.1. The SMILES string of the molecule is O=C(NCCc1nc2ccccc2[nH]1)C1CCCOC1. The molecular formula is C15H19N3O2. The van der Waals surface area contributed by atoms with Gasteiger partial charge >= 0.3 is 0 Å². The van der Waals surface area contributed by atoms with E-state index in [-0.39, 0.29) is 11.8 Å². The van der Waals surface area contributed by atoms with Gasteiger partial charge in [-0.05, 0) is 25.0 Å². The average molecular weight is 273 g/mol. The lowest BCUT2D eigenvalue weighted by molar-refractivity contribution is -0.128. The summed E-state index contributed by atoms with van der Waals surface area (Å²) in [5.74, 6) is 1.02. The molecule has 1 saturated heterocycles. The molecule has 2 heterocycles. The summed E-state index contributed by atoms with van der Waals surface area (Å²) in [6.07, 6.45) is 2.62. The summed E-state index contributed by atoms with van der Waals surface area (Å²) in [5.41, 5.74) is 2.00. The highest BCUT2D eigenvalue weighted by molar-refractivity contribution is 5.79. The van der Waals surface area contributed by atoms with Crippen LogP contribution in [-0.4, -0.2) is 35.6 Å². The molecule has 1 aromatic heterocycles. The highest BCUT2D eigenvalue weighted by Gasteiger charge is 2.21. The molecule has 1 fully saturated rings. The number of H-pyrrole nitrogens is 1. The zero-order valence-electron chi connectivity index (χ0n) is 11.4. The number of aromatic amines is 1. The van der Waals surface area contributed by atoms with E-state index < -0.39 is 0 Å². The van der Waals surface area contributed by atoms with Crippen molar-refractivity contribution in [3.05, 3.63) is 30.1 Å². The van der Waals surface area contributed by atoms with Crippen molar-refractivity contribution in [2.24, 2.45) is 5.92 Å². The van der Waals surface area contributed by atoms with Gasteiger partial charge in [0.25, 0.3) is 0 Å². The predicted octanol–water partition coefficient (Wildman–Crippen LogP) is 1.65. The van der Waals surface area contributed by atoms with Crippen molar-refractivity contribution >= 4 is 16.9 Å². The van der Waals surface area contributed by atoms with Crippen molar-refractivity contribution in [1.82, 2.24) is 15.3 Å². The molecule has 5 nitrogen and oxygen atoms in total. The third kappa shape index (κ3) is 2.99. The molecule has 2 aromatic rings. The van der Waals surface area contributed by atoms with Crippen LogP contribution in [0.4, 0.5) is 0 Å². The van der Waals surface area contributed by atoms with Gasteiger partial charge in [0.2, 0.25) is 5.91 Å². The second-order valence-electron chi connectivity index (χ2n) is 5.16. The molecule has 0 saturated carbocycles. The number of imidazole rings is 1. The summed E-state index contributed by atoms with van der Waals surface area (Å²) in [6, 6.07) is 7.93. The number of nitrogens with zero attached hydrogens (tertiary/aromatic N) is 1. The number of hydrogen-bond donors (Lipinski definition) is 2. The van der Waals surface area contributed by atoms with Gasteiger partial charge in [0, 0.05) is 19.6 Å². The monoisotopic (exact) mass is 273 g/mol. The van der Waals surface area contributed by atoms with Gasteiger partial charge < -0.3 is 15.0 Å². The third-order valence-electron chi connectivity index (χ3n) is 3.63. The van der Waals surface area contributed by atoms with Crippen LogP contribution in [0.3, 0.4) is 0 Å². The van der Waals surface area contributed by atoms with E-state index in [2.05, 4.69) is 15.3 Å². The number of ether oxygens (including phenoxy) is 1. The molecule has 2 N–H and O–H groups in total. The van der Waals surface area contributed by atoms with Crippen LogP contribution in [0.25, 0.3) is 11.0 Å². The fourth-order valence-corrected chi connectivity index (χ4v) is 2.52. The van der Waals surface area contributed by atoms with E-state index in [1.807, 2.05) is 24.3 Å². The number of aromatic nitrogens is 2. The number of para-hydroxylation sites is 2. The van der Waals surface area contributed by atoms with Crippen molar-refractivity contribution in [2.75, 3.05) is 19.8 Å². The quantitative estimate of drug-likeness (QED) is 0.890. The van der Waals surface area contributed by atoms with Crippen molar-refractivity contribution in [3.63, 3.8) is 0 Å². The van der Waals surface area contributed by atoms with E-state index in [0.29, 0.717) is 19.6 Å². The molecule has 0 aliphatic carbocycles. The van der Waals surface area contributed by atoms with Crippen LogP contribution in [-0.2, 0) is 16.0 Å². The molecule has 1 aliphatic rings. The number of fused-ring (bicyclic) bond motifs is 1. The maximum absolute atomic E-state index is 11.9. The minimum absolute atomic E-state index is 0.0134. The van der Waals surface area contributed by atoms with Crippen molar-refractivity contribution in [1.29, 1.82) is 0 Å². The molecule has 0 radical (unpaired) electrons. The van der Waals surface area contributed by atoms with Gasteiger partial charge in [0.05, 0.1) is 23.6 Å². The van der Waals surface area contributed by atoms with Crippen LogP contribution in [0.2, 0.25) is 0 Å². The van der Waals surface area contributed by atoms with Crippen LogP contribution in [0.5, 0.6) is 0 Å². The van der Waals surface area contributed by atoms with Gasteiger partial charge in [-0.15, -0.1) is 0 Å². The van der Waals surface area contributed by atoms with E-state index in [1.165, 1.54) is 0 Å². The van der Waals surface area contributed by atoms with E-state index in [1.54, 1.807) is 0 Å². The minimum Gasteiger partial charge on any atom is -0.381 e. The molecule has 1 unspecified atom stereocenters. The van der Waals surface area contributed by atoms with Crippen LogP contribution < -0.4 is 5.32 Å². The molecule has 0 spiro atoms. The highest BCUT2D eigenvalue weighted by atomic mass is 16.5. The lowest BCUT2D eigenvalue weighted by atomic mass is 10.0. The zero-order chi connectivity index (χ0) is 13.8. The van der Waals surface area contributed by atoms with Crippen LogP contribution in [0.1, 0.15) is 18.7 Å². The topological polar surface area (TPSA) is 67.0 Å². The number of nitrogens with one attached hydrogen (secondary N) is 2. The smallest absolute Gasteiger partial charge is 0.225 e. The number of rotatable bonds is 4.